The zero-order valence-electron chi connectivity index (χ0n) is 15.3. The van der Waals surface area contributed by atoms with Crippen LogP contribution in [0.15, 0.2) is 54.0 Å². The molecule has 0 aliphatic carbocycles. The number of imidazole rings is 1. The topological polar surface area (TPSA) is 74.6 Å². The van der Waals surface area contributed by atoms with Crippen molar-refractivity contribution in [2.75, 3.05) is 32.0 Å². The van der Waals surface area contributed by atoms with Crippen LogP contribution in [0.25, 0.3) is 0 Å². The van der Waals surface area contributed by atoms with Gasteiger partial charge in [-0.3, -0.25) is 9.79 Å². The van der Waals surface area contributed by atoms with Gasteiger partial charge < -0.3 is 20.1 Å². The second-order valence-corrected chi connectivity index (χ2v) is 6.60. The van der Waals surface area contributed by atoms with Crippen molar-refractivity contribution >= 4 is 17.6 Å². The molecule has 0 spiro atoms. The molecule has 1 aliphatic heterocycles. The van der Waals surface area contributed by atoms with Gasteiger partial charge in [0.1, 0.15) is 0 Å². The van der Waals surface area contributed by atoms with Crippen molar-refractivity contribution in [3.8, 4) is 0 Å². The Bertz CT molecular complexity index is 728. The minimum Gasteiger partial charge on any atom is -0.347 e. The van der Waals surface area contributed by atoms with E-state index >= 15 is 0 Å². The molecule has 0 radical (unpaired) electrons. The van der Waals surface area contributed by atoms with Gasteiger partial charge in [0.25, 0.3) is 0 Å². The van der Waals surface area contributed by atoms with E-state index in [1.807, 2.05) is 49.1 Å². The molecule has 1 fully saturated rings. The first-order valence-corrected chi connectivity index (χ1v) is 8.95. The van der Waals surface area contributed by atoms with Crippen molar-refractivity contribution in [2.45, 2.75) is 19.4 Å². The second kappa shape index (κ2) is 8.51. The summed E-state index contributed by atoms with van der Waals surface area (Å²) in [5.74, 6) is 1.24. The van der Waals surface area contributed by atoms with Crippen LogP contribution in [0.3, 0.4) is 0 Å². The Hall–Kier alpha value is -2.83. The molecule has 0 bridgehead atoms. The van der Waals surface area contributed by atoms with Crippen molar-refractivity contribution in [3.63, 3.8) is 0 Å². The van der Waals surface area contributed by atoms with Gasteiger partial charge in [0, 0.05) is 38.2 Å². The molecule has 1 saturated heterocycles. The van der Waals surface area contributed by atoms with E-state index in [1.165, 1.54) is 0 Å². The molecule has 2 heterocycles. The van der Waals surface area contributed by atoms with E-state index in [9.17, 15) is 4.79 Å². The fourth-order valence-electron chi connectivity index (χ4n) is 3.31. The number of hydrogen-bond donors (Lipinski definition) is 2. The number of amides is 1. The van der Waals surface area contributed by atoms with Crippen LogP contribution in [0.2, 0.25) is 0 Å². The Morgan fingerprint density at radius 3 is 2.85 bits per heavy atom. The molecule has 7 nitrogen and oxygen atoms in total. The van der Waals surface area contributed by atoms with E-state index in [0.717, 1.165) is 31.2 Å². The van der Waals surface area contributed by atoms with Crippen LogP contribution in [0.4, 0.5) is 5.69 Å². The number of guanidine groups is 1. The number of nitrogens with zero attached hydrogens (tertiary/aromatic N) is 4. The van der Waals surface area contributed by atoms with Gasteiger partial charge in [-0.25, -0.2) is 4.98 Å². The van der Waals surface area contributed by atoms with Crippen LogP contribution in [0, 0.1) is 5.92 Å². The average molecular weight is 354 g/mol. The van der Waals surface area contributed by atoms with Gasteiger partial charge >= 0.3 is 0 Å². The molecule has 26 heavy (non-hydrogen) atoms. The van der Waals surface area contributed by atoms with Crippen LogP contribution < -0.4 is 10.6 Å². The van der Waals surface area contributed by atoms with Gasteiger partial charge in [-0.15, -0.1) is 0 Å². The number of piperidine rings is 1. The molecule has 2 unspecified atom stereocenters. The van der Waals surface area contributed by atoms with Gasteiger partial charge in [-0.2, -0.15) is 0 Å². The lowest BCUT2D eigenvalue weighted by Gasteiger charge is -2.39. The second-order valence-electron chi connectivity index (χ2n) is 6.60. The van der Waals surface area contributed by atoms with Crippen molar-refractivity contribution in [1.82, 2.24) is 19.8 Å². The lowest BCUT2D eigenvalue weighted by atomic mass is 9.93. The smallest absolute Gasteiger partial charge is 0.243 e. The number of rotatable bonds is 4. The van der Waals surface area contributed by atoms with E-state index < -0.39 is 0 Å². The maximum atomic E-state index is 12.2. The number of carbonyl (C=O) groups excluding carboxylic acids is 1. The van der Waals surface area contributed by atoms with Gasteiger partial charge in [-0.1, -0.05) is 25.1 Å². The van der Waals surface area contributed by atoms with E-state index in [0.29, 0.717) is 12.0 Å². The van der Waals surface area contributed by atoms with E-state index in [4.69, 9.17) is 0 Å². The standard InChI is InChI=1S/C19H26N6O/c1-15-8-10-24(13-17(15)25-11-9-21-14-25)19(20-2)22-12-18(26)23-16-6-4-3-5-7-16/h3-7,9,11,14-15,17H,8,10,12-13H2,1-2H3,(H,20,22)(H,23,26). The fraction of sp³-hybridized carbons (Fsp3) is 0.421. The molecule has 1 aliphatic rings. The monoisotopic (exact) mass is 354 g/mol. The number of benzene rings is 1. The minimum absolute atomic E-state index is 0.0890. The Morgan fingerprint density at radius 1 is 1.35 bits per heavy atom. The van der Waals surface area contributed by atoms with E-state index in [-0.39, 0.29) is 12.5 Å². The third-order valence-corrected chi connectivity index (χ3v) is 4.80. The summed E-state index contributed by atoms with van der Waals surface area (Å²) in [5, 5.41) is 6.05. The Morgan fingerprint density at radius 2 is 2.15 bits per heavy atom. The van der Waals surface area contributed by atoms with Gasteiger partial charge in [-0.05, 0) is 24.5 Å². The summed E-state index contributed by atoms with van der Waals surface area (Å²) in [6.45, 7) is 4.22. The largest absolute Gasteiger partial charge is 0.347 e. The summed E-state index contributed by atoms with van der Waals surface area (Å²) < 4.78 is 2.16. The number of aliphatic imine (C=N–C) groups is 1. The van der Waals surface area contributed by atoms with Crippen LogP contribution >= 0.6 is 0 Å². The van der Waals surface area contributed by atoms with Crippen molar-refractivity contribution in [1.29, 1.82) is 0 Å². The predicted molar refractivity (Wildman–Crippen MR) is 103 cm³/mol. The Kier molecular flexibility index (Phi) is 5.88. The summed E-state index contributed by atoms with van der Waals surface area (Å²) in [7, 11) is 1.75. The Labute approximate surface area is 154 Å². The zero-order valence-corrected chi connectivity index (χ0v) is 15.3. The van der Waals surface area contributed by atoms with Crippen molar-refractivity contribution < 1.29 is 4.79 Å². The van der Waals surface area contributed by atoms with Crippen LogP contribution in [-0.4, -0.2) is 53.0 Å². The lowest BCUT2D eigenvalue weighted by molar-refractivity contribution is -0.115. The van der Waals surface area contributed by atoms with Gasteiger partial charge in [0.2, 0.25) is 5.91 Å². The molecule has 1 aromatic carbocycles. The summed E-state index contributed by atoms with van der Waals surface area (Å²) in [5.41, 5.74) is 0.793. The third kappa shape index (κ3) is 4.41. The molecular formula is C19H26N6O. The molecule has 2 aromatic rings. The average Bonchev–Trinajstić information content (AvgIpc) is 3.18. The van der Waals surface area contributed by atoms with Crippen LogP contribution in [0.1, 0.15) is 19.4 Å². The van der Waals surface area contributed by atoms with Crippen LogP contribution in [-0.2, 0) is 4.79 Å². The van der Waals surface area contributed by atoms with Crippen molar-refractivity contribution in [2.24, 2.45) is 10.9 Å². The SMILES string of the molecule is CN=C(NCC(=O)Nc1ccccc1)N1CCC(C)C(n2ccnc2)C1. The summed E-state index contributed by atoms with van der Waals surface area (Å²) >= 11 is 0. The van der Waals surface area contributed by atoms with Gasteiger partial charge in [0.05, 0.1) is 18.9 Å². The number of hydrogen-bond acceptors (Lipinski definition) is 3. The highest BCUT2D eigenvalue weighted by Crippen LogP contribution is 2.27. The number of aromatic nitrogens is 2. The first-order valence-electron chi connectivity index (χ1n) is 8.95. The normalized spacial score (nSPS) is 20.7. The quantitative estimate of drug-likeness (QED) is 0.650. The highest BCUT2D eigenvalue weighted by Gasteiger charge is 2.28. The number of para-hydroxylation sites is 1. The molecule has 7 heteroatoms. The molecule has 1 aromatic heterocycles. The molecule has 0 saturated carbocycles. The first-order chi connectivity index (χ1) is 12.7. The highest BCUT2D eigenvalue weighted by atomic mass is 16.1. The molecule has 3 rings (SSSR count). The third-order valence-electron chi connectivity index (χ3n) is 4.80. The van der Waals surface area contributed by atoms with Crippen molar-refractivity contribution in [3.05, 3.63) is 49.1 Å². The van der Waals surface area contributed by atoms with Crippen LogP contribution in [0.5, 0.6) is 0 Å². The number of likely N-dealkylation sites (tertiary alicyclic amines) is 1. The predicted octanol–water partition coefficient (Wildman–Crippen LogP) is 1.98. The summed E-state index contributed by atoms with van der Waals surface area (Å²) in [6, 6.07) is 9.80. The maximum absolute atomic E-state index is 12.2. The molecule has 2 atom stereocenters. The van der Waals surface area contributed by atoms with Gasteiger partial charge in [0.15, 0.2) is 5.96 Å². The molecule has 1 amide bonds. The minimum atomic E-state index is -0.0890. The molecule has 138 valence electrons. The maximum Gasteiger partial charge on any atom is 0.243 e. The summed E-state index contributed by atoms with van der Waals surface area (Å²) in [6.07, 6.45) is 6.76. The fourth-order valence-corrected chi connectivity index (χ4v) is 3.31. The Balaban J connectivity index is 1.56. The molecule has 2 N–H and O–H groups in total. The number of nitrogens with one attached hydrogen (secondary N) is 2. The number of carbonyl (C=O) groups is 1. The molecular weight excluding hydrogens is 328 g/mol. The number of anilines is 1. The first kappa shape index (κ1) is 18.0. The lowest BCUT2D eigenvalue weighted by Crippen LogP contribution is -2.50. The van der Waals surface area contributed by atoms with E-state index in [1.54, 1.807) is 7.05 Å². The zero-order chi connectivity index (χ0) is 18.4. The highest BCUT2D eigenvalue weighted by molar-refractivity contribution is 5.94. The summed E-state index contributed by atoms with van der Waals surface area (Å²) in [4.78, 5) is 22.9. The van der Waals surface area contributed by atoms with E-state index in [2.05, 4.69) is 37.0 Å².